The zero-order chi connectivity index (χ0) is 20.7. The summed E-state index contributed by atoms with van der Waals surface area (Å²) in [6, 6.07) is 14.2. The van der Waals surface area contributed by atoms with Crippen molar-refractivity contribution in [1.82, 2.24) is 24.3 Å². The number of carbonyl (C=O) groups excluding carboxylic acids is 1. The van der Waals surface area contributed by atoms with Crippen LogP contribution in [0.3, 0.4) is 0 Å². The Morgan fingerprint density at radius 2 is 1.97 bits per heavy atom. The van der Waals surface area contributed by atoms with Crippen LogP contribution < -0.4 is 10.9 Å². The van der Waals surface area contributed by atoms with Crippen LogP contribution in [0.15, 0.2) is 65.2 Å². The van der Waals surface area contributed by atoms with Crippen molar-refractivity contribution in [2.75, 3.05) is 5.32 Å². The fourth-order valence-corrected chi connectivity index (χ4v) is 4.12. The Hall–Kier alpha value is -3.85. The van der Waals surface area contributed by atoms with E-state index in [9.17, 15) is 9.59 Å². The molecule has 0 unspecified atom stereocenters. The Balaban J connectivity index is 1.37. The Morgan fingerprint density at radius 3 is 2.87 bits per heavy atom. The number of aromatic nitrogens is 5. The van der Waals surface area contributed by atoms with Crippen molar-refractivity contribution in [2.45, 2.75) is 6.54 Å². The molecule has 1 N–H and O–H groups in total. The first-order valence-electron chi connectivity index (χ1n) is 9.21. The lowest BCUT2D eigenvalue weighted by molar-refractivity contribution is -0.116. The number of rotatable bonds is 4. The molecule has 0 aliphatic carbocycles. The number of anilines is 1. The van der Waals surface area contributed by atoms with E-state index >= 15 is 0 Å². The van der Waals surface area contributed by atoms with E-state index in [0.717, 1.165) is 22.0 Å². The smallest absolute Gasteiger partial charge is 0.264 e. The lowest BCUT2D eigenvalue weighted by Crippen LogP contribution is -2.27. The van der Waals surface area contributed by atoms with E-state index < -0.39 is 0 Å². The summed E-state index contributed by atoms with van der Waals surface area (Å²) in [7, 11) is 1.71. The maximum atomic E-state index is 12.5. The Kier molecular flexibility index (Phi) is 4.36. The largest absolute Gasteiger partial charge is 0.300 e. The molecule has 0 fully saturated rings. The molecule has 0 saturated heterocycles. The molecule has 3 aromatic heterocycles. The number of fused-ring (bicyclic) bond motifs is 2. The van der Waals surface area contributed by atoms with Gasteiger partial charge in [-0.1, -0.05) is 42.5 Å². The molecular weight excluding hydrogens is 400 g/mol. The molecule has 148 valence electrons. The van der Waals surface area contributed by atoms with E-state index in [1.807, 2.05) is 29.6 Å². The van der Waals surface area contributed by atoms with E-state index in [4.69, 9.17) is 0 Å². The number of hydrogen-bond donors (Lipinski definition) is 1. The van der Waals surface area contributed by atoms with Gasteiger partial charge in [0.15, 0.2) is 10.8 Å². The number of carbonyl (C=O) groups is 1. The lowest BCUT2D eigenvalue weighted by atomic mass is 10.0. The summed E-state index contributed by atoms with van der Waals surface area (Å²) in [6.45, 7) is -0.153. The summed E-state index contributed by atoms with van der Waals surface area (Å²) in [5.41, 5.74) is 1.98. The molecule has 9 heteroatoms. The predicted octanol–water partition coefficient (Wildman–Crippen LogP) is 3.05. The van der Waals surface area contributed by atoms with Crippen LogP contribution in [0, 0.1) is 0 Å². The second-order valence-electron chi connectivity index (χ2n) is 6.80. The molecule has 0 radical (unpaired) electrons. The normalized spacial score (nSPS) is 11.2. The molecule has 0 atom stereocenters. The molecule has 0 spiro atoms. The van der Waals surface area contributed by atoms with Gasteiger partial charge in [0.25, 0.3) is 5.56 Å². The van der Waals surface area contributed by atoms with Crippen LogP contribution in [0.2, 0.25) is 0 Å². The molecule has 5 rings (SSSR count). The van der Waals surface area contributed by atoms with Crippen LogP contribution >= 0.6 is 11.3 Å². The van der Waals surface area contributed by atoms with Crippen molar-refractivity contribution in [1.29, 1.82) is 0 Å². The van der Waals surface area contributed by atoms with E-state index in [0.29, 0.717) is 16.2 Å². The highest BCUT2D eigenvalue weighted by atomic mass is 32.1. The number of benzene rings is 2. The van der Waals surface area contributed by atoms with Gasteiger partial charge >= 0.3 is 0 Å². The Morgan fingerprint density at radius 1 is 1.13 bits per heavy atom. The van der Waals surface area contributed by atoms with E-state index in [1.165, 1.54) is 33.1 Å². The second kappa shape index (κ2) is 7.20. The molecular formula is C21H16N6O2S. The first-order chi connectivity index (χ1) is 14.6. The minimum absolute atomic E-state index is 0.153. The Labute approximate surface area is 174 Å². The van der Waals surface area contributed by atoms with Crippen molar-refractivity contribution < 1.29 is 4.79 Å². The first kappa shape index (κ1) is 18.2. The maximum absolute atomic E-state index is 12.5. The summed E-state index contributed by atoms with van der Waals surface area (Å²) < 4.78 is 2.78. The Bertz CT molecular complexity index is 1460. The van der Waals surface area contributed by atoms with Crippen LogP contribution in [-0.4, -0.2) is 30.2 Å². The van der Waals surface area contributed by atoms with Gasteiger partial charge in [-0.25, -0.2) is 9.97 Å². The van der Waals surface area contributed by atoms with Crippen LogP contribution in [0.5, 0.6) is 0 Å². The molecule has 3 heterocycles. The van der Waals surface area contributed by atoms with Crippen LogP contribution in [0.1, 0.15) is 0 Å². The highest BCUT2D eigenvalue weighted by Crippen LogP contribution is 2.30. The third-order valence-electron chi connectivity index (χ3n) is 4.85. The minimum Gasteiger partial charge on any atom is -0.300 e. The monoisotopic (exact) mass is 416 g/mol. The molecule has 5 aromatic rings. The van der Waals surface area contributed by atoms with Gasteiger partial charge in [-0.3, -0.25) is 18.8 Å². The molecule has 30 heavy (non-hydrogen) atoms. The van der Waals surface area contributed by atoms with Gasteiger partial charge in [0.1, 0.15) is 18.3 Å². The number of thiazole rings is 1. The maximum Gasteiger partial charge on any atom is 0.264 e. The summed E-state index contributed by atoms with van der Waals surface area (Å²) >= 11 is 1.34. The van der Waals surface area contributed by atoms with Crippen LogP contribution in [-0.2, 0) is 18.4 Å². The molecule has 2 aromatic carbocycles. The molecule has 8 nitrogen and oxygen atoms in total. The van der Waals surface area contributed by atoms with Gasteiger partial charge < -0.3 is 5.32 Å². The molecule has 1 amide bonds. The average molecular weight is 416 g/mol. The quantitative estimate of drug-likeness (QED) is 0.486. The summed E-state index contributed by atoms with van der Waals surface area (Å²) in [5, 5.41) is 11.8. The molecule has 0 aliphatic rings. The fraction of sp³-hybridized carbons (Fsp3) is 0.0952. The highest BCUT2D eigenvalue weighted by molar-refractivity contribution is 7.14. The van der Waals surface area contributed by atoms with Crippen LogP contribution in [0.25, 0.3) is 33.1 Å². The third-order valence-corrected chi connectivity index (χ3v) is 5.61. The van der Waals surface area contributed by atoms with Crippen molar-refractivity contribution in [3.63, 3.8) is 0 Å². The summed E-state index contributed by atoms with van der Waals surface area (Å²) in [6.07, 6.45) is 2.81. The standard InChI is InChI=1S/C21H16N6O2S/c1-26-19-16(9-23-26)20(29)27(12-22-19)10-18(28)25-21-24-17(11-30-21)15-8-4-6-13-5-2-3-7-14(13)15/h2-9,11-12H,10H2,1H3,(H,24,25,28). The zero-order valence-electron chi connectivity index (χ0n) is 15.9. The van der Waals surface area contributed by atoms with Gasteiger partial charge in [-0.05, 0) is 10.8 Å². The van der Waals surface area contributed by atoms with Crippen molar-refractivity contribution >= 4 is 44.2 Å². The van der Waals surface area contributed by atoms with Crippen molar-refractivity contribution in [2.24, 2.45) is 7.05 Å². The first-order valence-corrected chi connectivity index (χ1v) is 10.1. The number of amides is 1. The van der Waals surface area contributed by atoms with Gasteiger partial charge in [0.05, 0.1) is 11.9 Å². The van der Waals surface area contributed by atoms with E-state index in [1.54, 1.807) is 7.05 Å². The fourth-order valence-electron chi connectivity index (χ4n) is 3.40. The van der Waals surface area contributed by atoms with Crippen LogP contribution in [0.4, 0.5) is 5.13 Å². The summed E-state index contributed by atoms with van der Waals surface area (Å²) in [4.78, 5) is 33.8. The predicted molar refractivity (Wildman–Crippen MR) is 116 cm³/mol. The second-order valence-corrected chi connectivity index (χ2v) is 7.65. The SMILES string of the molecule is Cn1ncc2c(=O)n(CC(=O)Nc3nc(-c4cccc5ccccc45)cs3)cnc21. The summed E-state index contributed by atoms with van der Waals surface area (Å²) in [5.74, 6) is -0.346. The van der Waals surface area contributed by atoms with Gasteiger partial charge in [-0.15, -0.1) is 11.3 Å². The number of nitrogens with zero attached hydrogens (tertiary/aromatic N) is 5. The molecule has 0 bridgehead atoms. The molecule has 0 aliphatic heterocycles. The number of aryl methyl sites for hydroxylation is 1. The third kappa shape index (κ3) is 3.15. The number of nitrogens with one attached hydrogen (secondary N) is 1. The minimum atomic E-state index is -0.346. The van der Waals surface area contributed by atoms with Gasteiger partial charge in [0.2, 0.25) is 5.91 Å². The topological polar surface area (TPSA) is 94.7 Å². The van der Waals surface area contributed by atoms with E-state index in [2.05, 4.69) is 38.6 Å². The lowest BCUT2D eigenvalue weighted by Gasteiger charge is -2.05. The highest BCUT2D eigenvalue weighted by Gasteiger charge is 2.13. The van der Waals surface area contributed by atoms with Gasteiger partial charge in [-0.2, -0.15) is 5.10 Å². The molecule has 0 saturated carbocycles. The van der Waals surface area contributed by atoms with Crippen molar-refractivity contribution in [3.8, 4) is 11.3 Å². The van der Waals surface area contributed by atoms with Gasteiger partial charge in [0, 0.05) is 18.0 Å². The zero-order valence-corrected chi connectivity index (χ0v) is 16.8. The number of hydrogen-bond acceptors (Lipinski definition) is 6. The van der Waals surface area contributed by atoms with Crippen molar-refractivity contribution in [3.05, 3.63) is 70.7 Å². The van der Waals surface area contributed by atoms with E-state index in [-0.39, 0.29) is 18.0 Å². The average Bonchev–Trinajstić information content (AvgIpc) is 3.37.